The monoisotopic (exact) mass is 209 g/mol. The molecular weight excluding hydrogens is 186 g/mol. The van der Waals surface area contributed by atoms with Crippen LogP contribution >= 0.6 is 0 Å². The van der Waals surface area contributed by atoms with Gasteiger partial charge >= 0.3 is 0 Å². The van der Waals surface area contributed by atoms with Crippen molar-refractivity contribution in [2.24, 2.45) is 17.8 Å². The molecule has 15 heavy (non-hydrogen) atoms. The van der Waals surface area contributed by atoms with Crippen LogP contribution in [0.1, 0.15) is 39.0 Å². The molecule has 3 rings (SSSR count). The maximum Gasteiger partial charge on any atom is 0.0588 e. The van der Waals surface area contributed by atoms with Crippen molar-refractivity contribution >= 4 is 0 Å². The summed E-state index contributed by atoms with van der Waals surface area (Å²) >= 11 is 0. The molecule has 3 fully saturated rings. The molecule has 86 valence electrons. The molecule has 0 radical (unpaired) electrons. The molecule has 2 heteroatoms. The van der Waals surface area contributed by atoms with Crippen molar-refractivity contribution in [3.8, 4) is 0 Å². The molecule has 0 aromatic heterocycles. The Hall–Kier alpha value is -0.0800. The van der Waals surface area contributed by atoms with E-state index in [1.807, 2.05) is 0 Å². The van der Waals surface area contributed by atoms with Crippen LogP contribution in [0.4, 0.5) is 0 Å². The van der Waals surface area contributed by atoms with E-state index < -0.39 is 0 Å². The molecule has 0 aromatic rings. The van der Waals surface area contributed by atoms with Crippen LogP contribution in [0.25, 0.3) is 0 Å². The summed E-state index contributed by atoms with van der Waals surface area (Å²) in [5, 5.41) is 3.84. The number of hydrogen-bond donors (Lipinski definition) is 1. The first-order valence-corrected chi connectivity index (χ1v) is 6.69. The van der Waals surface area contributed by atoms with Gasteiger partial charge in [-0.2, -0.15) is 0 Å². The van der Waals surface area contributed by atoms with Gasteiger partial charge < -0.3 is 10.1 Å². The van der Waals surface area contributed by atoms with Crippen molar-refractivity contribution in [1.29, 1.82) is 0 Å². The van der Waals surface area contributed by atoms with Crippen molar-refractivity contribution in [3.05, 3.63) is 0 Å². The Morgan fingerprint density at radius 1 is 1.13 bits per heavy atom. The third kappa shape index (κ3) is 2.36. The summed E-state index contributed by atoms with van der Waals surface area (Å²) in [6.07, 6.45) is 7.65. The second kappa shape index (κ2) is 4.06. The fourth-order valence-corrected chi connectivity index (χ4v) is 2.96. The lowest BCUT2D eigenvalue weighted by Gasteiger charge is -2.21. The molecular formula is C13H23NO. The second-order valence-corrected chi connectivity index (χ2v) is 5.73. The number of rotatable bonds is 5. The minimum atomic E-state index is 0.483. The molecule has 1 aliphatic heterocycles. The van der Waals surface area contributed by atoms with E-state index in [4.69, 9.17) is 4.74 Å². The van der Waals surface area contributed by atoms with Crippen molar-refractivity contribution in [2.45, 2.75) is 51.2 Å². The first kappa shape index (κ1) is 10.1. The molecule has 0 bridgehead atoms. The highest BCUT2D eigenvalue weighted by Crippen LogP contribution is 2.44. The van der Waals surface area contributed by atoms with Gasteiger partial charge in [-0.3, -0.25) is 0 Å². The SMILES string of the molecule is CC1OCCC1CNC(C1CC1)C1CC1. The number of hydrogen-bond acceptors (Lipinski definition) is 2. The van der Waals surface area contributed by atoms with E-state index in [9.17, 15) is 0 Å². The number of nitrogens with one attached hydrogen (secondary N) is 1. The Morgan fingerprint density at radius 2 is 1.80 bits per heavy atom. The average Bonchev–Trinajstić information content (AvgIpc) is 3.11. The zero-order valence-corrected chi connectivity index (χ0v) is 9.74. The van der Waals surface area contributed by atoms with E-state index in [2.05, 4.69) is 12.2 Å². The van der Waals surface area contributed by atoms with E-state index >= 15 is 0 Å². The zero-order chi connectivity index (χ0) is 10.3. The van der Waals surface area contributed by atoms with Crippen LogP contribution < -0.4 is 5.32 Å². The minimum Gasteiger partial charge on any atom is -0.378 e. The van der Waals surface area contributed by atoms with E-state index in [1.165, 1.54) is 38.6 Å². The second-order valence-electron chi connectivity index (χ2n) is 5.73. The van der Waals surface area contributed by atoms with Crippen molar-refractivity contribution in [2.75, 3.05) is 13.2 Å². The van der Waals surface area contributed by atoms with Gasteiger partial charge in [0.25, 0.3) is 0 Å². The van der Waals surface area contributed by atoms with Crippen molar-refractivity contribution in [1.82, 2.24) is 5.32 Å². The summed E-state index contributed by atoms with van der Waals surface area (Å²) in [4.78, 5) is 0. The van der Waals surface area contributed by atoms with E-state index in [0.29, 0.717) is 6.10 Å². The molecule has 2 atom stereocenters. The van der Waals surface area contributed by atoms with E-state index in [0.717, 1.165) is 30.4 Å². The standard InChI is InChI=1S/C13H23NO/c1-9-12(6-7-15-9)8-14-13(10-2-3-10)11-4-5-11/h9-14H,2-8H2,1H3. The molecule has 1 N–H and O–H groups in total. The molecule has 0 spiro atoms. The smallest absolute Gasteiger partial charge is 0.0588 e. The van der Waals surface area contributed by atoms with Crippen molar-refractivity contribution < 1.29 is 4.74 Å². The summed E-state index contributed by atoms with van der Waals surface area (Å²) in [7, 11) is 0. The molecule has 2 aliphatic carbocycles. The summed E-state index contributed by atoms with van der Waals surface area (Å²) in [5.74, 6) is 2.82. The normalized spacial score (nSPS) is 36.4. The van der Waals surface area contributed by atoms with Gasteiger partial charge in [-0.05, 0) is 56.8 Å². The molecule has 2 unspecified atom stereocenters. The fourth-order valence-electron chi connectivity index (χ4n) is 2.96. The topological polar surface area (TPSA) is 21.3 Å². The van der Waals surface area contributed by atoms with Gasteiger partial charge in [0.2, 0.25) is 0 Å². The Balaban J connectivity index is 1.46. The van der Waals surface area contributed by atoms with Gasteiger partial charge in [-0.25, -0.2) is 0 Å². The summed E-state index contributed by atoms with van der Waals surface area (Å²) in [6, 6.07) is 0.859. The van der Waals surface area contributed by atoms with Crippen LogP contribution in [-0.2, 0) is 4.74 Å². The average molecular weight is 209 g/mol. The van der Waals surface area contributed by atoms with Gasteiger partial charge in [0.05, 0.1) is 6.10 Å². The first-order chi connectivity index (χ1) is 7.34. The van der Waals surface area contributed by atoms with E-state index in [-0.39, 0.29) is 0 Å². The number of ether oxygens (including phenoxy) is 1. The molecule has 0 amide bonds. The Kier molecular flexibility index (Phi) is 2.73. The van der Waals surface area contributed by atoms with Gasteiger partial charge in [0.15, 0.2) is 0 Å². The maximum absolute atomic E-state index is 5.61. The summed E-state index contributed by atoms with van der Waals surface area (Å²) in [5.41, 5.74) is 0. The summed E-state index contributed by atoms with van der Waals surface area (Å²) < 4.78 is 5.61. The molecule has 2 nitrogen and oxygen atoms in total. The quantitative estimate of drug-likeness (QED) is 0.749. The Bertz CT molecular complexity index is 211. The molecule has 1 heterocycles. The van der Waals surface area contributed by atoms with Crippen LogP contribution in [-0.4, -0.2) is 25.3 Å². The largest absolute Gasteiger partial charge is 0.378 e. The highest BCUT2D eigenvalue weighted by molar-refractivity contribution is 4.96. The van der Waals surface area contributed by atoms with Crippen LogP contribution in [0.2, 0.25) is 0 Å². The molecule has 1 saturated heterocycles. The highest BCUT2D eigenvalue weighted by Gasteiger charge is 2.41. The zero-order valence-electron chi connectivity index (χ0n) is 9.74. The Morgan fingerprint density at radius 3 is 2.27 bits per heavy atom. The minimum absolute atomic E-state index is 0.483. The highest BCUT2D eigenvalue weighted by atomic mass is 16.5. The maximum atomic E-state index is 5.61. The van der Waals surface area contributed by atoms with Crippen molar-refractivity contribution in [3.63, 3.8) is 0 Å². The van der Waals surface area contributed by atoms with Gasteiger partial charge in [0.1, 0.15) is 0 Å². The predicted octanol–water partition coefficient (Wildman–Crippen LogP) is 2.19. The lowest BCUT2D eigenvalue weighted by Crippen LogP contribution is -2.38. The van der Waals surface area contributed by atoms with Crippen LogP contribution in [0.15, 0.2) is 0 Å². The van der Waals surface area contributed by atoms with E-state index in [1.54, 1.807) is 0 Å². The van der Waals surface area contributed by atoms with Gasteiger partial charge in [-0.15, -0.1) is 0 Å². The summed E-state index contributed by atoms with van der Waals surface area (Å²) in [6.45, 7) is 4.40. The molecule has 2 saturated carbocycles. The van der Waals surface area contributed by atoms with Gasteiger partial charge in [0, 0.05) is 19.2 Å². The lowest BCUT2D eigenvalue weighted by molar-refractivity contribution is 0.104. The fraction of sp³-hybridized carbons (Fsp3) is 1.00. The lowest BCUT2D eigenvalue weighted by atomic mass is 10.0. The predicted molar refractivity (Wildman–Crippen MR) is 60.8 cm³/mol. The third-order valence-electron chi connectivity index (χ3n) is 4.41. The van der Waals surface area contributed by atoms with Crippen LogP contribution in [0.5, 0.6) is 0 Å². The molecule has 3 aliphatic rings. The first-order valence-electron chi connectivity index (χ1n) is 6.69. The molecule has 0 aromatic carbocycles. The third-order valence-corrected chi connectivity index (χ3v) is 4.41. The van der Waals surface area contributed by atoms with Crippen LogP contribution in [0, 0.1) is 17.8 Å². The van der Waals surface area contributed by atoms with Gasteiger partial charge in [-0.1, -0.05) is 0 Å². The Labute approximate surface area is 92.8 Å². The van der Waals surface area contributed by atoms with Crippen LogP contribution in [0.3, 0.4) is 0 Å².